The zero-order chi connectivity index (χ0) is 42.3. The van der Waals surface area contributed by atoms with Gasteiger partial charge in [-0.2, -0.15) is 17.6 Å². The summed E-state index contributed by atoms with van der Waals surface area (Å²) in [6.07, 6.45) is 0. The van der Waals surface area contributed by atoms with Gasteiger partial charge in [0, 0.05) is 0 Å². The maximum Gasteiger partial charge on any atom is 0.337 e. The molecule has 0 spiro atoms. The van der Waals surface area contributed by atoms with Gasteiger partial charge in [0.05, 0.1) is 33.3 Å². The Bertz CT molecular complexity index is 2900. The van der Waals surface area contributed by atoms with E-state index in [0.29, 0.717) is 5.56 Å². The Morgan fingerprint density at radius 3 is 1.33 bits per heavy atom. The molecule has 8 rings (SSSR count). The Kier molecular flexibility index (Phi) is 11.6. The van der Waals surface area contributed by atoms with E-state index in [-0.39, 0.29) is 52.1 Å². The number of carboxylic acid groups (broad SMARTS) is 2. The quantitative estimate of drug-likeness (QED) is 0.0873. The number of H-pyrrole nitrogens is 2. The molecule has 10 nitrogen and oxygen atoms in total. The molecule has 0 aliphatic heterocycles. The Morgan fingerprint density at radius 2 is 0.917 bits per heavy atom. The van der Waals surface area contributed by atoms with Crippen LogP contribution in [0.2, 0.25) is 0 Å². The fraction of sp³-hybridized carbons (Fsp3) is 0.0476. The molecule has 6 aromatic carbocycles. The van der Waals surface area contributed by atoms with Crippen molar-refractivity contribution in [1.29, 1.82) is 0 Å². The molecule has 0 amide bonds. The first-order valence-electron chi connectivity index (χ1n) is 16.8. The molecule has 0 aliphatic rings. The van der Waals surface area contributed by atoms with Gasteiger partial charge in [-0.1, -0.05) is 49.9 Å². The first-order chi connectivity index (χ1) is 28.2. The van der Waals surface area contributed by atoms with Crippen LogP contribution >= 0.6 is 0 Å². The minimum absolute atomic E-state index is 0. The SMILES string of the molecule is C.Cc1cc(C(=O)O)c2nc(-c3c(F)c(F)c(Oc4ccccc4)c(F)c3F)[nH]c2c1.O=C(O)c1cccc2[nH]c(-c3c(F)c(F)c(Oc4ccccc4)c(F)c3F)nc12. The molecule has 0 fully saturated rings. The maximum atomic E-state index is 14.7. The number of aromatic amines is 2. The molecule has 2 heterocycles. The minimum atomic E-state index is -1.75. The number of benzene rings is 6. The summed E-state index contributed by atoms with van der Waals surface area (Å²) >= 11 is 0. The van der Waals surface area contributed by atoms with E-state index in [1.165, 1.54) is 78.9 Å². The van der Waals surface area contributed by atoms with Gasteiger partial charge in [0.25, 0.3) is 0 Å². The van der Waals surface area contributed by atoms with E-state index in [1.807, 2.05) is 0 Å². The number of carboxylic acids is 2. The van der Waals surface area contributed by atoms with Crippen LogP contribution < -0.4 is 9.47 Å². The largest absolute Gasteiger partial charge is 0.478 e. The average molecular weight is 835 g/mol. The monoisotopic (exact) mass is 834 g/mol. The normalized spacial score (nSPS) is 10.9. The zero-order valence-electron chi connectivity index (χ0n) is 29.6. The highest BCUT2D eigenvalue weighted by molar-refractivity contribution is 6.02. The van der Waals surface area contributed by atoms with Crippen molar-refractivity contribution in [3.63, 3.8) is 0 Å². The first-order valence-corrected chi connectivity index (χ1v) is 16.8. The van der Waals surface area contributed by atoms with Gasteiger partial charge in [-0.05, 0) is 61.0 Å². The number of hydrogen-bond donors (Lipinski definition) is 4. The number of hydrogen-bond acceptors (Lipinski definition) is 6. The van der Waals surface area contributed by atoms with Gasteiger partial charge in [0.2, 0.25) is 34.8 Å². The molecule has 0 saturated carbocycles. The molecule has 306 valence electrons. The number of rotatable bonds is 8. The Labute approximate surface area is 332 Å². The molecular formula is C42H26F8N4O6. The molecule has 0 atom stereocenters. The predicted octanol–water partition coefficient (Wildman–Crippen LogP) is 11.5. The van der Waals surface area contributed by atoms with E-state index in [2.05, 4.69) is 19.9 Å². The lowest BCUT2D eigenvalue weighted by Crippen LogP contribution is -2.04. The van der Waals surface area contributed by atoms with Crippen LogP contribution in [0.4, 0.5) is 35.1 Å². The maximum absolute atomic E-state index is 14.7. The summed E-state index contributed by atoms with van der Waals surface area (Å²) in [5.41, 5.74) is -2.07. The third kappa shape index (κ3) is 7.64. The number of halogens is 8. The van der Waals surface area contributed by atoms with Gasteiger partial charge in [-0.15, -0.1) is 0 Å². The Balaban J connectivity index is 0.000000198. The zero-order valence-corrected chi connectivity index (χ0v) is 29.6. The van der Waals surface area contributed by atoms with E-state index in [1.54, 1.807) is 19.1 Å². The lowest BCUT2D eigenvalue weighted by atomic mass is 10.1. The number of aromatic nitrogens is 4. The second-order valence-corrected chi connectivity index (χ2v) is 12.4. The van der Waals surface area contributed by atoms with Crippen LogP contribution in [0.25, 0.3) is 44.8 Å². The smallest absolute Gasteiger partial charge is 0.337 e. The summed E-state index contributed by atoms with van der Waals surface area (Å²) in [5, 5.41) is 18.5. The van der Waals surface area contributed by atoms with E-state index in [0.717, 1.165) is 0 Å². The van der Waals surface area contributed by atoms with Gasteiger partial charge >= 0.3 is 11.9 Å². The topological polar surface area (TPSA) is 150 Å². The summed E-state index contributed by atoms with van der Waals surface area (Å²) in [6, 6.07) is 21.6. The summed E-state index contributed by atoms with van der Waals surface area (Å²) in [6.45, 7) is 1.61. The molecule has 8 aromatic rings. The average Bonchev–Trinajstić information content (AvgIpc) is 3.85. The first kappa shape index (κ1) is 41.9. The van der Waals surface area contributed by atoms with Crippen LogP contribution in [-0.2, 0) is 0 Å². The van der Waals surface area contributed by atoms with Crippen LogP contribution in [0.5, 0.6) is 23.0 Å². The molecular weight excluding hydrogens is 808 g/mol. The van der Waals surface area contributed by atoms with Crippen molar-refractivity contribution in [2.24, 2.45) is 0 Å². The fourth-order valence-electron chi connectivity index (χ4n) is 5.90. The van der Waals surface area contributed by atoms with Crippen molar-refractivity contribution in [1.82, 2.24) is 19.9 Å². The third-order valence-electron chi connectivity index (χ3n) is 8.55. The van der Waals surface area contributed by atoms with Crippen LogP contribution in [0.15, 0.2) is 91.0 Å². The Hall–Kier alpha value is -7.76. The molecule has 0 bridgehead atoms. The molecule has 60 heavy (non-hydrogen) atoms. The number of carbonyl (C=O) groups is 2. The second kappa shape index (κ2) is 16.6. The molecule has 4 N–H and O–H groups in total. The van der Waals surface area contributed by atoms with Crippen LogP contribution in [0.3, 0.4) is 0 Å². The highest BCUT2D eigenvalue weighted by atomic mass is 19.2. The predicted molar refractivity (Wildman–Crippen MR) is 201 cm³/mol. The number of para-hydroxylation sites is 3. The van der Waals surface area contributed by atoms with Crippen molar-refractivity contribution in [2.75, 3.05) is 0 Å². The standard InChI is InChI=1S/C21H12F4N2O3.C20H10F4N2O3.CH4/c1-9-7-11(21(28)29)18-12(8-9)26-20(27-18)13-14(22)16(24)19(17(25)15(13)23)30-10-5-3-2-4-6-10;21-13-12(19-25-11-8-4-7-10(20(27)28)17(11)26-19)14(22)16(24)18(15(13)23)29-9-5-2-1-3-6-9;/h2-8H,1H3,(H,26,27)(H,28,29);1-8H,(H,25,26)(H,27,28);1H4. The van der Waals surface area contributed by atoms with Crippen molar-refractivity contribution >= 4 is 34.0 Å². The highest BCUT2D eigenvalue weighted by Gasteiger charge is 2.32. The van der Waals surface area contributed by atoms with Crippen molar-refractivity contribution in [3.05, 3.63) is 154 Å². The minimum Gasteiger partial charge on any atom is -0.478 e. The molecule has 0 unspecified atom stereocenters. The van der Waals surface area contributed by atoms with Crippen molar-refractivity contribution < 1.29 is 64.4 Å². The van der Waals surface area contributed by atoms with E-state index >= 15 is 0 Å². The molecule has 0 aliphatic carbocycles. The molecule has 18 heteroatoms. The third-order valence-corrected chi connectivity index (χ3v) is 8.55. The lowest BCUT2D eigenvalue weighted by Gasteiger charge is -2.11. The van der Waals surface area contributed by atoms with E-state index in [4.69, 9.17) is 9.47 Å². The van der Waals surface area contributed by atoms with Gasteiger partial charge in [-0.3, -0.25) is 0 Å². The summed E-state index contributed by atoms with van der Waals surface area (Å²) in [4.78, 5) is 35.4. The molecule has 0 saturated heterocycles. The van der Waals surface area contributed by atoms with E-state index < -0.39 is 92.8 Å². The Morgan fingerprint density at radius 1 is 0.517 bits per heavy atom. The number of aromatic carboxylic acids is 2. The van der Waals surface area contributed by atoms with Crippen LogP contribution in [0, 0.1) is 53.5 Å². The number of ether oxygens (including phenoxy) is 2. The van der Waals surface area contributed by atoms with Gasteiger partial charge in [0.1, 0.15) is 34.2 Å². The number of nitrogens with one attached hydrogen (secondary N) is 2. The number of fused-ring (bicyclic) bond motifs is 2. The van der Waals surface area contributed by atoms with Crippen molar-refractivity contribution in [2.45, 2.75) is 14.4 Å². The molecule has 0 radical (unpaired) electrons. The van der Waals surface area contributed by atoms with Gasteiger partial charge in [0.15, 0.2) is 23.3 Å². The fourth-order valence-corrected chi connectivity index (χ4v) is 5.90. The summed E-state index contributed by atoms with van der Waals surface area (Å²) in [5.74, 6) is -20.2. The van der Waals surface area contributed by atoms with Crippen LogP contribution in [0.1, 0.15) is 33.7 Å². The number of aryl methyl sites for hydroxylation is 1. The summed E-state index contributed by atoms with van der Waals surface area (Å²) < 4.78 is 127. The highest BCUT2D eigenvalue weighted by Crippen LogP contribution is 2.39. The van der Waals surface area contributed by atoms with E-state index in [9.17, 15) is 54.9 Å². The lowest BCUT2D eigenvalue weighted by molar-refractivity contribution is 0.0688. The summed E-state index contributed by atoms with van der Waals surface area (Å²) in [7, 11) is 0. The molecule has 2 aromatic heterocycles. The van der Waals surface area contributed by atoms with Gasteiger partial charge in [-0.25, -0.2) is 37.1 Å². The number of nitrogens with zero attached hydrogens (tertiary/aromatic N) is 2. The van der Waals surface area contributed by atoms with Crippen molar-refractivity contribution in [3.8, 4) is 45.8 Å². The number of imidazole rings is 2. The van der Waals surface area contributed by atoms with Gasteiger partial charge < -0.3 is 29.7 Å². The second-order valence-electron chi connectivity index (χ2n) is 12.4. The van der Waals surface area contributed by atoms with Crippen LogP contribution in [-0.4, -0.2) is 42.1 Å².